The molecule has 2 heterocycles. The lowest BCUT2D eigenvalue weighted by Crippen LogP contribution is -2.48. The molecule has 0 bridgehead atoms. The number of nitrogens with zero attached hydrogens (tertiary/aromatic N) is 3. The maximum Gasteiger partial charge on any atom is 0.415 e. The highest BCUT2D eigenvalue weighted by atomic mass is 19.4. The average Bonchev–Trinajstić information content (AvgIpc) is 3.36. The molecule has 0 spiro atoms. The van der Waals surface area contributed by atoms with Gasteiger partial charge in [0.05, 0.1) is 37.0 Å². The topological polar surface area (TPSA) is 110 Å². The number of primary amides is 1. The monoisotopic (exact) mass is 683 g/mol. The van der Waals surface area contributed by atoms with Gasteiger partial charge in [-0.1, -0.05) is 42.5 Å². The first-order chi connectivity index (χ1) is 23.2. The fourth-order valence-electron chi connectivity index (χ4n) is 5.53. The zero-order valence-corrected chi connectivity index (χ0v) is 26.1. The predicted molar refractivity (Wildman–Crippen MR) is 169 cm³/mol. The van der Waals surface area contributed by atoms with Gasteiger partial charge in [-0.2, -0.15) is 13.2 Å². The summed E-state index contributed by atoms with van der Waals surface area (Å²) in [4.78, 5) is 35.0. The van der Waals surface area contributed by atoms with Crippen molar-refractivity contribution in [3.63, 3.8) is 0 Å². The maximum atomic E-state index is 14.3. The van der Waals surface area contributed by atoms with Crippen molar-refractivity contribution in [2.75, 3.05) is 19.7 Å². The molecule has 8 nitrogen and oxygen atoms in total. The SMILES string of the molecule is CC1(C(F)(F)F)CN(CC(=O)N[C@@H](Cc2cc(F)cc(F)c2)c2ncccc2-c2ccc(F)c(C(N)=O)c2)C(COCc2ccccc2)=N1. The van der Waals surface area contributed by atoms with E-state index < -0.39 is 65.7 Å². The molecule has 1 aromatic heterocycles. The smallest absolute Gasteiger partial charge is 0.369 e. The van der Waals surface area contributed by atoms with Crippen LogP contribution in [0.5, 0.6) is 0 Å². The van der Waals surface area contributed by atoms with E-state index in [1.54, 1.807) is 36.4 Å². The number of carbonyl (C=O) groups is 2. The molecule has 49 heavy (non-hydrogen) atoms. The first kappa shape index (κ1) is 35.1. The number of rotatable bonds is 12. The number of hydrogen-bond donors (Lipinski definition) is 2. The van der Waals surface area contributed by atoms with Crippen LogP contribution in [-0.2, 0) is 22.6 Å². The van der Waals surface area contributed by atoms with Crippen LogP contribution in [0.3, 0.4) is 0 Å². The lowest BCUT2D eigenvalue weighted by atomic mass is 9.94. The number of halogens is 6. The number of alkyl halides is 3. The summed E-state index contributed by atoms with van der Waals surface area (Å²) >= 11 is 0. The second-order valence-corrected chi connectivity index (χ2v) is 11.7. The molecule has 0 saturated carbocycles. The summed E-state index contributed by atoms with van der Waals surface area (Å²) in [7, 11) is 0. The third-order valence-electron chi connectivity index (χ3n) is 7.94. The van der Waals surface area contributed by atoms with Crippen molar-refractivity contribution in [3.8, 4) is 11.1 Å². The summed E-state index contributed by atoms with van der Waals surface area (Å²) in [6.07, 6.45) is -3.53. The molecule has 2 atom stereocenters. The molecular formula is C35H31F6N5O3. The molecule has 4 aromatic rings. The third-order valence-corrected chi connectivity index (χ3v) is 7.94. The van der Waals surface area contributed by atoms with E-state index in [4.69, 9.17) is 10.5 Å². The molecule has 5 rings (SSSR count). The molecule has 3 aromatic carbocycles. The van der Waals surface area contributed by atoms with E-state index in [0.29, 0.717) is 17.2 Å². The van der Waals surface area contributed by atoms with Crippen LogP contribution in [0.4, 0.5) is 26.3 Å². The van der Waals surface area contributed by atoms with Crippen LogP contribution in [0.1, 0.15) is 40.1 Å². The minimum Gasteiger partial charge on any atom is -0.369 e. The fraction of sp³-hybridized carbons (Fsp3) is 0.257. The van der Waals surface area contributed by atoms with Crippen molar-refractivity contribution >= 4 is 17.6 Å². The van der Waals surface area contributed by atoms with E-state index in [1.807, 2.05) is 6.07 Å². The number of amides is 2. The fourth-order valence-corrected chi connectivity index (χ4v) is 5.53. The Labute approximate surface area is 277 Å². The number of aliphatic imine (C=N–C) groups is 1. The lowest BCUT2D eigenvalue weighted by Gasteiger charge is -2.27. The minimum atomic E-state index is -4.73. The Morgan fingerprint density at radius 3 is 2.35 bits per heavy atom. The molecule has 0 radical (unpaired) electrons. The lowest BCUT2D eigenvalue weighted by molar-refractivity contribution is -0.178. The van der Waals surface area contributed by atoms with Gasteiger partial charge >= 0.3 is 6.18 Å². The summed E-state index contributed by atoms with van der Waals surface area (Å²) < 4.78 is 90.6. The van der Waals surface area contributed by atoms with Crippen molar-refractivity contribution in [3.05, 3.63) is 125 Å². The highest BCUT2D eigenvalue weighted by Gasteiger charge is 2.55. The van der Waals surface area contributed by atoms with Gasteiger partial charge < -0.3 is 20.7 Å². The van der Waals surface area contributed by atoms with Crippen LogP contribution in [0.2, 0.25) is 0 Å². The molecule has 0 fully saturated rings. The second kappa shape index (κ2) is 14.5. The molecular weight excluding hydrogens is 652 g/mol. The predicted octanol–water partition coefficient (Wildman–Crippen LogP) is 5.92. The standard InChI is InChI=1S/C35H31F6N5O3/c1-34(35(39,40)41)20-46(30(45-34)19-49-18-21-6-3-2-4-7-21)17-31(47)44-29(14-22-12-24(36)16-25(37)13-22)32-26(8-5-11-43-32)23-9-10-28(38)27(15-23)33(42)48/h2-13,15-16,29H,14,17-20H2,1H3,(H2,42,48)(H,44,47)/t29-,34?/m0/s1. The van der Waals surface area contributed by atoms with E-state index in [0.717, 1.165) is 30.7 Å². The number of nitrogens with two attached hydrogens (primary N) is 1. The van der Waals surface area contributed by atoms with Crippen LogP contribution in [0.25, 0.3) is 11.1 Å². The quantitative estimate of drug-likeness (QED) is 0.180. The number of pyridine rings is 1. The zero-order valence-electron chi connectivity index (χ0n) is 26.1. The van der Waals surface area contributed by atoms with Gasteiger partial charge in [-0.05, 0) is 60.4 Å². The summed E-state index contributed by atoms with van der Waals surface area (Å²) in [5.41, 5.74) is 4.15. The van der Waals surface area contributed by atoms with Crippen molar-refractivity contribution in [1.82, 2.24) is 15.2 Å². The van der Waals surface area contributed by atoms with Crippen molar-refractivity contribution in [2.24, 2.45) is 10.7 Å². The summed E-state index contributed by atoms with van der Waals surface area (Å²) in [6, 6.07) is 17.4. The molecule has 0 saturated heterocycles. The van der Waals surface area contributed by atoms with Crippen molar-refractivity contribution < 1.29 is 40.7 Å². The molecule has 14 heteroatoms. The molecule has 1 aliphatic heterocycles. The van der Waals surface area contributed by atoms with Gasteiger partial charge in [0.15, 0.2) is 5.54 Å². The number of benzene rings is 3. The van der Waals surface area contributed by atoms with Crippen LogP contribution in [-0.4, -0.2) is 58.9 Å². The number of nitrogens with one attached hydrogen (secondary N) is 1. The Hall–Kier alpha value is -5.24. The number of amidine groups is 1. The second-order valence-electron chi connectivity index (χ2n) is 11.7. The summed E-state index contributed by atoms with van der Waals surface area (Å²) in [5.74, 6) is -4.46. The highest BCUT2D eigenvalue weighted by molar-refractivity contribution is 5.94. The number of carbonyl (C=O) groups excluding carboxylic acids is 2. The van der Waals surface area contributed by atoms with Gasteiger partial charge in [0.1, 0.15) is 29.9 Å². The highest BCUT2D eigenvalue weighted by Crippen LogP contribution is 2.38. The Kier molecular flexibility index (Phi) is 10.4. The number of ether oxygens (including phenoxy) is 1. The average molecular weight is 684 g/mol. The van der Waals surface area contributed by atoms with Crippen molar-refractivity contribution in [1.29, 1.82) is 0 Å². The Bertz CT molecular complexity index is 1850. The zero-order chi connectivity index (χ0) is 35.3. The van der Waals surface area contributed by atoms with Gasteiger partial charge in [-0.25, -0.2) is 13.2 Å². The Morgan fingerprint density at radius 2 is 1.67 bits per heavy atom. The van der Waals surface area contributed by atoms with Gasteiger partial charge in [0, 0.05) is 17.8 Å². The first-order valence-corrected chi connectivity index (χ1v) is 15.0. The van der Waals surface area contributed by atoms with Crippen LogP contribution in [0.15, 0.2) is 90.1 Å². The van der Waals surface area contributed by atoms with Gasteiger partial charge in [-0.3, -0.25) is 19.6 Å². The van der Waals surface area contributed by atoms with E-state index >= 15 is 0 Å². The van der Waals surface area contributed by atoms with E-state index in [9.17, 15) is 35.9 Å². The molecule has 0 aliphatic carbocycles. The minimum absolute atomic E-state index is 0.0847. The summed E-state index contributed by atoms with van der Waals surface area (Å²) in [5, 5.41) is 2.74. The normalized spacial score (nSPS) is 16.7. The first-order valence-electron chi connectivity index (χ1n) is 15.0. The third kappa shape index (κ3) is 8.44. The molecule has 1 unspecified atom stereocenters. The van der Waals surface area contributed by atoms with Crippen molar-refractivity contribution in [2.45, 2.75) is 37.7 Å². The Morgan fingerprint density at radius 1 is 0.959 bits per heavy atom. The van der Waals surface area contributed by atoms with Crippen LogP contribution < -0.4 is 11.1 Å². The van der Waals surface area contributed by atoms with Gasteiger partial charge in [-0.15, -0.1) is 0 Å². The van der Waals surface area contributed by atoms with Gasteiger partial charge in [0.25, 0.3) is 5.91 Å². The number of hydrogen-bond acceptors (Lipinski definition) is 6. The molecule has 3 N–H and O–H groups in total. The van der Waals surface area contributed by atoms with Crippen LogP contribution >= 0.6 is 0 Å². The van der Waals surface area contributed by atoms with E-state index in [1.165, 1.54) is 23.2 Å². The number of aromatic nitrogens is 1. The van der Waals surface area contributed by atoms with E-state index in [-0.39, 0.29) is 36.7 Å². The molecule has 1 aliphatic rings. The van der Waals surface area contributed by atoms with E-state index in [2.05, 4.69) is 15.3 Å². The molecule has 2 amide bonds. The van der Waals surface area contributed by atoms with Crippen LogP contribution in [0, 0.1) is 17.5 Å². The largest absolute Gasteiger partial charge is 0.415 e. The summed E-state index contributed by atoms with van der Waals surface area (Å²) in [6.45, 7) is -0.520. The Balaban J connectivity index is 1.44. The maximum absolute atomic E-state index is 14.3. The van der Waals surface area contributed by atoms with Gasteiger partial charge in [0.2, 0.25) is 5.91 Å². The molecule has 256 valence electrons.